The number of rotatable bonds is 4. The highest BCUT2D eigenvalue weighted by Gasteiger charge is 2.12. The second-order valence-corrected chi connectivity index (χ2v) is 4.35. The quantitative estimate of drug-likeness (QED) is 0.852. The number of phenolic OH excluding ortho intramolecular Hbond substituents is 1. The minimum Gasteiger partial charge on any atom is -0.508 e. The van der Waals surface area contributed by atoms with Crippen LogP contribution in [-0.4, -0.2) is 32.7 Å². The minimum atomic E-state index is -0.105. The molecule has 1 heterocycles. The number of benzene rings is 1. The van der Waals surface area contributed by atoms with Gasteiger partial charge >= 0.3 is 0 Å². The highest BCUT2D eigenvalue weighted by Crippen LogP contribution is 2.17. The summed E-state index contributed by atoms with van der Waals surface area (Å²) in [5.41, 5.74) is 6.76. The molecule has 6 heteroatoms. The molecule has 6 nitrogen and oxygen atoms in total. The Bertz CT molecular complexity index is 580. The Hall–Kier alpha value is -2.50. The van der Waals surface area contributed by atoms with Crippen LogP contribution >= 0.6 is 0 Å². The molecule has 1 aromatic carbocycles. The number of amides is 1. The van der Waals surface area contributed by atoms with Crippen molar-refractivity contribution in [3.05, 3.63) is 42.2 Å². The Morgan fingerprint density at radius 3 is 2.84 bits per heavy atom. The molecule has 100 valence electrons. The molecule has 0 saturated heterocycles. The van der Waals surface area contributed by atoms with Gasteiger partial charge in [-0.15, -0.1) is 0 Å². The van der Waals surface area contributed by atoms with E-state index in [1.54, 1.807) is 31.4 Å². The summed E-state index contributed by atoms with van der Waals surface area (Å²) in [6.07, 6.45) is 3.10. The van der Waals surface area contributed by atoms with E-state index in [1.165, 1.54) is 15.8 Å². The summed E-state index contributed by atoms with van der Waals surface area (Å²) in [6, 6.07) is 6.95. The fraction of sp³-hybridized carbons (Fsp3) is 0.231. The van der Waals surface area contributed by atoms with Gasteiger partial charge in [0, 0.05) is 25.4 Å². The number of carbonyl (C=O) groups excluding carboxylic acids is 1. The molecule has 3 N–H and O–H groups in total. The fourth-order valence-corrected chi connectivity index (χ4v) is 1.71. The van der Waals surface area contributed by atoms with Gasteiger partial charge in [0.15, 0.2) is 0 Å². The van der Waals surface area contributed by atoms with E-state index in [9.17, 15) is 9.90 Å². The summed E-state index contributed by atoms with van der Waals surface area (Å²) < 4.78 is 1.49. The van der Waals surface area contributed by atoms with Crippen LogP contribution in [0.3, 0.4) is 0 Å². The standard InChI is InChI=1S/C13H16N4O2/c1-16(7-10-4-2-3-5-12(10)18)13(19)9-17-8-11(14)6-15-17/h2-6,8,18H,7,9,14H2,1H3. The van der Waals surface area contributed by atoms with E-state index in [0.29, 0.717) is 17.8 Å². The number of hydrogen-bond donors (Lipinski definition) is 2. The van der Waals surface area contributed by atoms with Crippen LogP contribution in [0, 0.1) is 0 Å². The normalized spacial score (nSPS) is 10.4. The highest BCUT2D eigenvalue weighted by atomic mass is 16.3. The summed E-state index contributed by atoms with van der Waals surface area (Å²) in [4.78, 5) is 13.5. The van der Waals surface area contributed by atoms with E-state index < -0.39 is 0 Å². The first-order valence-corrected chi connectivity index (χ1v) is 5.85. The highest BCUT2D eigenvalue weighted by molar-refractivity contribution is 5.75. The van der Waals surface area contributed by atoms with Crippen molar-refractivity contribution in [1.82, 2.24) is 14.7 Å². The Balaban J connectivity index is 1.98. The lowest BCUT2D eigenvalue weighted by Crippen LogP contribution is -2.29. The number of nitrogens with zero attached hydrogens (tertiary/aromatic N) is 3. The molecule has 0 bridgehead atoms. The van der Waals surface area contributed by atoms with Crippen molar-refractivity contribution in [2.24, 2.45) is 0 Å². The van der Waals surface area contributed by atoms with Crippen molar-refractivity contribution in [3.8, 4) is 5.75 Å². The number of para-hydroxylation sites is 1. The maximum absolute atomic E-state index is 12.0. The van der Waals surface area contributed by atoms with Crippen LogP contribution in [0.4, 0.5) is 5.69 Å². The number of likely N-dealkylation sites (N-methyl/N-ethyl adjacent to an activating group) is 1. The van der Waals surface area contributed by atoms with Gasteiger partial charge in [0.1, 0.15) is 12.3 Å². The number of phenols is 1. The van der Waals surface area contributed by atoms with Crippen LogP contribution < -0.4 is 5.73 Å². The number of carbonyl (C=O) groups is 1. The van der Waals surface area contributed by atoms with E-state index in [-0.39, 0.29) is 18.2 Å². The van der Waals surface area contributed by atoms with Gasteiger partial charge in [-0.25, -0.2) is 0 Å². The van der Waals surface area contributed by atoms with Crippen LogP contribution in [0.2, 0.25) is 0 Å². The summed E-state index contributed by atoms with van der Waals surface area (Å²) >= 11 is 0. The number of nitrogen functional groups attached to an aromatic ring is 1. The molecule has 0 unspecified atom stereocenters. The van der Waals surface area contributed by atoms with E-state index in [0.717, 1.165) is 0 Å². The van der Waals surface area contributed by atoms with Crippen LogP contribution in [0.5, 0.6) is 5.75 Å². The van der Waals surface area contributed by atoms with Crippen molar-refractivity contribution < 1.29 is 9.90 Å². The molecule has 0 aliphatic rings. The first kappa shape index (κ1) is 12.9. The third kappa shape index (κ3) is 3.25. The minimum absolute atomic E-state index is 0.105. The van der Waals surface area contributed by atoms with Crippen molar-refractivity contribution in [2.45, 2.75) is 13.1 Å². The molecule has 0 spiro atoms. The second-order valence-electron chi connectivity index (χ2n) is 4.35. The SMILES string of the molecule is CN(Cc1ccccc1O)C(=O)Cn1cc(N)cn1. The lowest BCUT2D eigenvalue weighted by molar-refractivity contribution is -0.131. The fourth-order valence-electron chi connectivity index (χ4n) is 1.71. The number of aromatic nitrogens is 2. The van der Waals surface area contributed by atoms with Crippen LogP contribution in [0.15, 0.2) is 36.7 Å². The number of hydrogen-bond acceptors (Lipinski definition) is 4. The largest absolute Gasteiger partial charge is 0.508 e. The molecule has 19 heavy (non-hydrogen) atoms. The molecule has 0 saturated carbocycles. The van der Waals surface area contributed by atoms with Crippen molar-refractivity contribution in [3.63, 3.8) is 0 Å². The van der Waals surface area contributed by atoms with Crippen molar-refractivity contribution >= 4 is 11.6 Å². The predicted octanol–water partition coefficient (Wildman–Crippen LogP) is 0.830. The molecule has 0 aliphatic heterocycles. The Morgan fingerprint density at radius 2 is 2.21 bits per heavy atom. The van der Waals surface area contributed by atoms with Gasteiger partial charge in [0.05, 0.1) is 11.9 Å². The van der Waals surface area contributed by atoms with Crippen molar-refractivity contribution in [2.75, 3.05) is 12.8 Å². The van der Waals surface area contributed by atoms with Crippen LogP contribution in [0.1, 0.15) is 5.56 Å². The molecular weight excluding hydrogens is 244 g/mol. The Morgan fingerprint density at radius 1 is 1.47 bits per heavy atom. The number of aromatic hydroxyl groups is 1. The molecule has 1 aromatic heterocycles. The average molecular weight is 260 g/mol. The lowest BCUT2D eigenvalue weighted by atomic mass is 10.2. The van der Waals surface area contributed by atoms with Gasteiger partial charge in [0.25, 0.3) is 0 Å². The third-order valence-electron chi connectivity index (χ3n) is 2.78. The molecular formula is C13H16N4O2. The molecule has 2 aromatic rings. The molecule has 0 fully saturated rings. The summed E-state index contributed by atoms with van der Waals surface area (Å²) in [7, 11) is 1.68. The number of anilines is 1. The molecule has 1 amide bonds. The zero-order chi connectivity index (χ0) is 13.8. The van der Waals surface area contributed by atoms with Gasteiger partial charge in [-0.3, -0.25) is 9.48 Å². The molecule has 0 aliphatic carbocycles. The van der Waals surface area contributed by atoms with Gasteiger partial charge in [0.2, 0.25) is 5.91 Å². The van der Waals surface area contributed by atoms with Gasteiger partial charge < -0.3 is 15.7 Å². The Labute approximate surface area is 111 Å². The monoisotopic (exact) mass is 260 g/mol. The maximum Gasteiger partial charge on any atom is 0.244 e. The predicted molar refractivity (Wildman–Crippen MR) is 71.2 cm³/mol. The van der Waals surface area contributed by atoms with E-state index in [4.69, 9.17) is 5.73 Å². The third-order valence-corrected chi connectivity index (χ3v) is 2.78. The zero-order valence-electron chi connectivity index (χ0n) is 10.7. The van der Waals surface area contributed by atoms with Crippen LogP contribution in [-0.2, 0) is 17.9 Å². The first-order valence-electron chi connectivity index (χ1n) is 5.85. The molecule has 0 radical (unpaired) electrons. The van der Waals surface area contributed by atoms with Crippen molar-refractivity contribution in [1.29, 1.82) is 0 Å². The molecule has 0 atom stereocenters. The average Bonchev–Trinajstić information content (AvgIpc) is 2.77. The molecule has 2 rings (SSSR count). The van der Waals surface area contributed by atoms with E-state index in [1.807, 2.05) is 6.07 Å². The summed E-state index contributed by atoms with van der Waals surface area (Å²) in [5, 5.41) is 13.6. The summed E-state index contributed by atoms with van der Waals surface area (Å²) in [6.45, 7) is 0.476. The van der Waals surface area contributed by atoms with Gasteiger partial charge in [-0.05, 0) is 6.07 Å². The van der Waals surface area contributed by atoms with E-state index in [2.05, 4.69) is 5.10 Å². The van der Waals surface area contributed by atoms with Gasteiger partial charge in [-0.2, -0.15) is 5.10 Å². The first-order chi connectivity index (χ1) is 9.06. The Kier molecular flexibility index (Phi) is 3.70. The topological polar surface area (TPSA) is 84.4 Å². The number of nitrogens with two attached hydrogens (primary N) is 1. The summed E-state index contributed by atoms with van der Waals surface area (Å²) in [5.74, 6) is 0.0804. The zero-order valence-corrected chi connectivity index (χ0v) is 10.7. The van der Waals surface area contributed by atoms with Crippen LogP contribution in [0.25, 0.3) is 0 Å². The lowest BCUT2D eigenvalue weighted by Gasteiger charge is -2.17. The maximum atomic E-state index is 12.0. The van der Waals surface area contributed by atoms with Gasteiger partial charge in [-0.1, -0.05) is 18.2 Å². The smallest absolute Gasteiger partial charge is 0.244 e. The van der Waals surface area contributed by atoms with E-state index >= 15 is 0 Å². The second kappa shape index (κ2) is 5.43.